The topological polar surface area (TPSA) is 106 Å². The first-order chi connectivity index (χ1) is 16.8. The minimum Gasteiger partial charge on any atom is -0.384 e. The number of methoxy groups -OCH3 is 1. The van der Waals surface area contributed by atoms with E-state index in [1.54, 1.807) is 12.0 Å². The summed E-state index contributed by atoms with van der Waals surface area (Å²) in [6, 6.07) is 5.47. The lowest BCUT2D eigenvalue weighted by Crippen LogP contribution is -2.53. The van der Waals surface area contributed by atoms with Crippen LogP contribution in [-0.2, 0) is 11.3 Å². The highest BCUT2D eigenvalue weighted by Gasteiger charge is 2.34. The molecule has 0 spiro atoms. The van der Waals surface area contributed by atoms with Crippen molar-refractivity contribution in [1.82, 2.24) is 19.1 Å². The monoisotopic (exact) mass is 506 g/mol. The number of aromatic nitrogens is 4. The molecule has 4 rings (SSSR count). The Morgan fingerprint density at radius 2 is 2.03 bits per heavy atom. The van der Waals surface area contributed by atoms with E-state index in [1.165, 1.54) is 12.1 Å². The predicted octanol–water partition coefficient (Wildman–Crippen LogP) is 2.79. The van der Waals surface area contributed by atoms with Crippen LogP contribution in [0.25, 0.3) is 16.9 Å². The highest BCUT2D eigenvalue weighted by Crippen LogP contribution is 2.34. The molecule has 1 aliphatic heterocycles. The summed E-state index contributed by atoms with van der Waals surface area (Å²) in [5.41, 5.74) is -2.50. The van der Waals surface area contributed by atoms with E-state index < -0.39 is 41.5 Å². The van der Waals surface area contributed by atoms with E-state index >= 15 is 0 Å². The molecule has 182 valence electrons. The lowest BCUT2D eigenvalue weighted by molar-refractivity contribution is 0.136. The Morgan fingerprint density at radius 3 is 2.66 bits per heavy atom. The van der Waals surface area contributed by atoms with E-state index in [-0.39, 0.29) is 27.9 Å². The van der Waals surface area contributed by atoms with E-state index in [4.69, 9.17) is 16.3 Å². The SMILES string of the molecule is COCC1CN(c2c(-c3ccc(F)c(Cl)c3)c(=O)n(-c3cncc(C(F)F)n3)c(=O)n2CC#N)C1. The third-order valence-corrected chi connectivity index (χ3v) is 5.80. The minimum atomic E-state index is -2.99. The highest BCUT2D eigenvalue weighted by atomic mass is 35.5. The lowest BCUT2D eigenvalue weighted by Gasteiger charge is -2.42. The zero-order valence-electron chi connectivity index (χ0n) is 18.3. The molecule has 1 saturated heterocycles. The molecule has 1 aromatic carbocycles. The molecule has 0 atom stereocenters. The van der Waals surface area contributed by atoms with Gasteiger partial charge < -0.3 is 9.64 Å². The summed E-state index contributed by atoms with van der Waals surface area (Å²) >= 11 is 5.96. The Kier molecular flexibility index (Phi) is 6.90. The van der Waals surface area contributed by atoms with Crippen molar-refractivity contribution in [2.45, 2.75) is 13.0 Å². The van der Waals surface area contributed by atoms with Gasteiger partial charge in [-0.2, -0.15) is 5.26 Å². The molecule has 13 heteroatoms. The minimum absolute atomic E-state index is 0.0677. The maximum absolute atomic E-state index is 13.9. The second kappa shape index (κ2) is 9.89. The second-order valence-corrected chi connectivity index (χ2v) is 8.23. The molecule has 3 aromatic rings. The van der Waals surface area contributed by atoms with Gasteiger partial charge in [-0.3, -0.25) is 14.3 Å². The fourth-order valence-electron chi connectivity index (χ4n) is 3.96. The number of benzene rings is 1. The van der Waals surface area contributed by atoms with Crippen LogP contribution in [0, 0.1) is 23.1 Å². The van der Waals surface area contributed by atoms with Crippen LogP contribution in [0.1, 0.15) is 12.1 Å². The van der Waals surface area contributed by atoms with Gasteiger partial charge in [0.05, 0.1) is 35.7 Å². The Hall–Kier alpha value is -3.69. The molecule has 35 heavy (non-hydrogen) atoms. The highest BCUT2D eigenvalue weighted by molar-refractivity contribution is 6.31. The van der Waals surface area contributed by atoms with Crippen LogP contribution in [0.3, 0.4) is 0 Å². The first kappa shape index (κ1) is 24.4. The van der Waals surface area contributed by atoms with Gasteiger partial charge in [-0.25, -0.2) is 27.5 Å². The quantitative estimate of drug-likeness (QED) is 0.485. The second-order valence-electron chi connectivity index (χ2n) is 7.82. The number of nitrogens with zero attached hydrogens (tertiary/aromatic N) is 6. The first-order valence-corrected chi connectivity index (χ1v) is 10.7. The van der Waals surface area contributed by atoms with E-state index in [1.807, 2.05) is 6.07 Å². The number of anilines is 1. The molecule has 0 N–H and O–H groups in total. The Morgan fingerprint density at radius 1 is 1.29 bits per heavy atom. The molecule has 1 aliphatic rings. The van der Waals surface area contributed by atoms with E-state index in [9.17, 15) is 28.0 Å². The van der Waals surface area contributed by atoms with Gasteiger partial charge in [0.1, 0.15) is 23.9 Å². The van der Waals surface area contributed by atoms with Crippen molar-refractivity contribution in [1.29, 1.82) is 5.26 Å². The number of ether oxygens (including phenoxy) is 1. The molecule has 2 aromatic heterocycles. The molecular weight excluding hydrogens is 489 g/mol. The molecule has 0 aliphatic carbocycles. The lowest BCUT2D eigenvalue weighted by atomic mass is 9.98. The Bertz CT molecular complexity index is 1430. The van der Waals surface area contributed by atoms with Gasteiger partial charge in [-0.1, -0.05) is 17.7 Å². The van der Waals surface area contributed by atoms with Crippen LogP contribution in [0.4, 0.5) is 19.0 Å². The van der Waals surface area contributed by atoms with Crippen LogP contribution in [0.15, 0.2) is 40.2 Å². The van der Waals surface area contributed by atoms with Crippen molar-refractivity contribution in [3.8, 4) is 23.0 Å². The Balaban J connectivity index is 2.04. The van der Waals surface area contributed by atoms with Crippen LogP contribution in [0.5, 0.6) is 0 Å². The van der Waals surface area contributed by atoms with Crippen molar-refractivity contribution in [2.24, 2.45) is 5.92 Å². The van der Waals surface area contributed by atoms with Gasteiger partial charge in [0.15, 0.2) is 5.82 Å². The number of hydrogen-bond acceptors (Lipinski definition) is 7. The molecule has 0 amide bonds. The van der Waals surface area contributed by atoms with Gasteiger partial charge in [0.25, 0.3) is 12.0 Å². The average molecular weight is 507 g/mol. The van der Waals surface area contributed by atoms with Gasteiger partial charge in [0.2, 0.25) is 0 Å². The summed E-state index contributed by atoms with van der Waals surface area (Å²) in [6.07, 6.45) is -1.18. The summed E-state index contributed by atoms with van der Waals surface area (Å²) < 4.78 is 47.1. The zero-order chi connectivity index (χ0) is 25.3. The maximum Gasteiger partial charge on any atom is 0.339 e. The third-order valence-electron chi connectivity index (χ3n) is 5.51. The number of nitriles is 1. The zero-order valence-corrected chi connectivity index (χ0v) is 19.0. The Labute approximate surface area is 201 Å². The molecule has 0 saturated carbocycles. The van der Waals surface area contributed by atoms with E-state index in [0.717, 1.165) is 23.0 Å². The summed E-state index contributed by atoms with van der Waals surface area (Å²) in [5.74, 6) is -0.911. The number of rotatable bonds is 7. The van der Waals surface area contributed by atoms with Crippen molar-refractivity contribution in [3.05, 3.63) is 68.0 Å². The summed E-state index contributed by atoms with van der Waals surface area (Å²) in [4.78, 5) is 36.3. The predicted molar refractivity (Wildman–Crippen MR) is 120 cm³/mol. The fraction of sp³-hybridized carbons (Fsp3) is 0.318. The summed E-state index contributed by atoms with van der Waals surface area (Å²) in [5, 5.41) is 9.17. The van der Waals surface area contributed by atoms with E-state index in [0.29, 0.717) is 24.3 Å². The largest absolute Gasteiger partial charge is 0.384 e. The standard InChI is InChI=1S/C22H18ClF3N6O3/c1-35-11-12-9-30(10-12)20-18(13-2-3-15(24)14(23)6-13)21(33)32(22(34)31(20)5-4-27)17-8-28-7-16(29-17)19(25)26/h2-3,6-8,12,19H,5,9-11H2,1H3. The first-order valence-electron chi connectivity index (χ1n) is 10.3. The fourth-order valence-corrected chi connectivity index (χ4v) is 4.14. The smallest absolute Gasteiger partial charge is 0.339 e. The van der Waals surface area contributed by atoms with E-state index in [2.05, 4.69) is 9.97 Å². The van der Waals surface area contributed by atoms with Crippen LogP contribution < -0.4 is 16.1 Å². The van der Waals surface area contributed by atoms with Gasteiger partial charge in [0, 0.05) is 26.1 Å². The summed E-state index contributed by atoms with van der Waals surface area (Å²) in [6.45, 7) is 0.836. The molecular formula is C22H18ClF3N6O3. The van der Waals surface area contributed by atoms with Crippen molar-refractivity contribution in [2.75, 3.05) is 31.7 Å². The van der Waals surface area contributed by atoms with Gasteiger partial charge >= 0.3 is 5.69 Å². The maximum atomic E-state index is 13.9. The van der Waals surface area contributed by atoms with Gasteiger partial charge in [-0.05, 0) is 17.7 Å². The molecule has 3 heterocycles. The molecule has 0 bridgehead atoms. The van der Waals surface area contributed by atoms with Crippen molar-refractivity contribution in [3.63, 3.8) is 0 Å². The third kappa shape index (κ3) is 4.52. The van der Waals surface area contributed by atoms with Crippen molar-refractivity contribution >= 4 is 17.4 Å². The molecule has 1 fully saturated rings. The van der Waals surface area contributed by atoms with Crippen LogP contribution in [-0.4, -0.2) is 45.9 Å². The normalized spacial score (nSPS) is 13.7. The van der Waals surface area contributed by atoms with Crippen LogP contribution in [0.2, 0.25) is 5.02 Å². The summed E-state index contributed by atoms with van der Waals surface area (Å²) in [7, 11) is 1.55. The number of halogens is 4. The molecule has 0 unspecified atom stereocenters. The van der Waals surface area contributed by atoms with Gasteiger partial charge in [-0.15, -0.1) is 0 Å². The molecule has 0 radical (unpaired) electrons. The number of alkyl halides is 2. The van der Waals surface area contributed by atoms with Crippen LogP contribution >= 0.6 is 11.6 Å². The van der Waals surface area contributed by atoms with Crippen molar-refractivity contribution < 1.29 is 17.9 Å². The number of hydrogen-bond donors (Lipinski definition) is 0. The average Bonchev–Trinajstić information content (AvgIpc) is 2.80. The molecule has 9 nitrogen and oxygen atoms in total.